The molecule has 0 spiro atoms. The quantitative estimate of drug-likeness (QED) is 0.790. The van der Waals surface area contributed by atoms with Crippen molar-refractivity contribution in [3.63, 3.8) is 0 Å². The Morgan fingerprint density at radius 3 is 2.73 bits per heavy atom. The molecule has 0 unspecified atom stereocenters. The first-order valence-corrected chi connectivity index (χ1v) is 8.97. The number of aryl methyl sites for hydroxylation is 2. The number of benzene rings is 1. The van der Waals surface area contributed by atoms with E-state index in [0.29, 0.717) is 0 Å². The maximum absolute atomic E-state index is 11.4. The van der Waals surface area contributed by atoms with Crippen LogP contribution >= 0.6 is 0 Å². The van der Waals surface area contributed by atoms with Crippen molar-refractivity contribution in [2.45, 2.75) is 33.2 Å². The van der Waals surface area contributed by atoms with Gasteiger partial charge in [0, 0.05) is 43.2 Å². The Kier molecular flexibility index (Phi) is 4.11. The number of fused-ring (bicyclic) bond motifs is 1. The number of nitrogens with zero attached hydrogens (tertiary/aromatic N) is 4. The van der Waals surface area contributed by atoms with Crippen LogP contribution in [0.1, 0.15) is 24.6 Å². The molecule has 0 bridgehead atoms. The predicted molar refractivity (Wildman–Crippen MR) is 102 cm³/mol. The van der Waals surface area contributed by atoms with Gasteiger partial charge in [0.25, 0.3) is 0 Å². The zero-order chi connectivity index (χ0) is 18.3. The van der Waals surface area contributed by atoms with E-state index in [-0.39, 0.29) is 11.9 Å². The highest BCUT2D eigenvalue weighted by molar-refractivity contribution is 5.73. The number of hydrogen-bond acceptors (Lipinski definition) is 4. The van der Waals surface area contributed by atoms with Crippen LogP contribution in [0.25, 0.3) is 16.9 Å². The highest BCUT2D eigenvalue weighted by atomic mass is 16.1. The van der Waals surface area contributed by atoms with Gasteiger partial charge in [-0.25, -0.2) is 4.98 Å². The average molecular weight is 349 g/mol. The SMILES string of the molecule is CC(=O)N[C@H]1CCN(c2cc(-c3ccccc3)nc3c(C)c(C)nn23)C1. The standard InChI is InChI=1S/C20H23N5O/c1-13-14(2)23-25-19(24-10-9-17(12-24)21-15(3)26)11-18(22-20(13)25)16-7-5-4-6-8-16/h4-8,11,17H,9-10,12H2,1-3H3,(H,21,26)/t17-/m0/s1. The van der Waals surface area contributed by atoms with Crippen LogP contribution in [-0.2, 0) is 4.79 Å². The Labute approximate surface area is 152 Å². The number of rotatable bonds is 3. The van der Waals surface area contributed by atoms with Gasteiger partial charge in [-0.3, -0.25) is 4.79 Å². The fraction of sp³-hybridized carbons (Fsp3) is 0.350. The Morgan fingerprint density at radius 2 is 2.00 bits per heavy atom. The Balaban J connectivity index is 1.80. The van der Waals surface area contributed by atoms with E-state index in [1.54, 1.807) is 6.92 Å². The van der Waals surface area contributed by atoms with Crippen molar-refractivity contribution in [1.29, 1.82) is 0 Å². The van der Waals surface area contributed by atoms with Crippen molar-refractivity contribution in [3.8, 4) is 11.3 Å². The van der Waals surface area contributed by atoms with Gasteiger partial charge in [-0.2, -0.15) is 9.61 Å². The van der Waals surface area contributed by atoms with Crippen LogP contribution in [0.4, 0.5) is 5.82 Å². The summed E-state index contributed by atoms with van der Waals surface area (Å²) in [5.41, 5.74) is 5.01. The fourth-order valence-electron chi connectivity index (χ4n) is 3.57. The monoisotopic (exact) mass is 349 g/mol. The van der Waals surface area contributed by atoms with E-state index in [1.807, 2.05) is 29.6 Å². The lowest BCUT2D eigenvalue weighted by Gasteiger charge is -2.20. The van der Waals surface area contributed by atoms with Crippen molar-refractivity contribution in [1.82, 2.24) is 19.9 Å². The molecule has 26 heavy (non-hydrogen) atoms. The molecule has 134 valence electrons. The molecular formula is C20H23N5O. The Bertz CT molecular complexity index is 963. The van der Waals surface area contributed by atoms with Crippen LogP contribution in [0.5, 0.6) is 0 Å². The first-order valence-electron chi connectivity index (χ1n) is 8.97. The number of amides is 1. The van der Waals surface area contributed by atoms with Gasteiger partial charge in [0.15, 0.2) is 5.65 Å². The van der Waals surface area contributed by atoms with Crippen LogP contribution in [0.15, 0.2) is 36.4 Å². The van der Waals surface area contributed by atoms with E-state index in [1.165, 1.54) is 0 Å². The summed E-state index contributed by atoms with van der Waals surface area (Å²) in [5.74, 6) is 1.05. The molecule has 1 amide bonds. The lowest BCUT2D eigenvalue weighted by atomic mass is 10.1. The van der Waals surface area contributed by atoms with E-state index >= 15 is 0 Å². The molecule has 3 heterocycles. The van der Waals surface area contributed by atoms with Crippen molar-refractivity contribution >= 4 is 17.4 Å². The smallest absolute Gasteiger partial charge is 0.217 e. The molecule has 0 saturated carbocycles. The van der Waals surface area contributed by atoms with Gasteiger partial charge in [0.05, 0.1) is 11.4 Å². The minimum Gasteiger partial charge on any atom is -0.354 e. The number of carbonyl (C=O) groups is 1. The first-order chi connectivity index (χ1) is 12.5. The van der Waals surface area contributed by atoms with Crippen LogP contribution in [0.2, 0.25) is 0 Å². The van der Waals surface area contributed by atoms with Crippen LogP contribution in [0, 0.1) is 13.8 Å². The third-order valence-electron chi connectivity index (χ3n) is 5.03. The molecule has 1 aliphatic rings. The highest BCUT2D eigenvalue weighted by Crippen LogP contribution is 2.28. The summed E-state index contributed by atoms with van der Waals surface area (Å²) in [6.07, 6.45) is 0.934. The molecule has 2 aromatic heterocycles. The normalized spacial score (nSPS) is 17.0. The predicted octanol–water partition coefficient (Wildman–Crippen LogP) is 2.73. The second-order valence-corrected chi connectivity index (χ2v) is 6.94. The zero-order valence-corrected chi connectivity index (χ0v) is 15.4. The number of carbonyl (C=O) groups excluding carboxylic acids is 1. The summed E-state index contributed by atoms with van der Waals surface area (Å²) in [6, 6.07) is 12.5. The lowest BCUT2D eigenvalue weighted by molar-refractivity contribution is -0.119. The lowest BCUT2D eigenvalue weighted by Crippen LogP contribution is -2.36. The Hall–Kier alpha value is -2.89. The minimum absolute atomic E-state index is 0.0208. The summed E-state index contributed by atoms with van der Waals surface area (Å²) in [6.45, 7) is 7.32. The van der Waals surface area contributed by atoms with Crippen molar-refractivity contribution in [2.75, 3.05) is 18.0 Å². The van der Waals surface area contributed by atoms with Crippen LogP contribution < -0.4 is 10.2 Å². The van der Waals surface area contributed by atoms with Crippen LogP contribution in [0.3, 0.4) is 0 Å². The number of aromatic nitrogens is 3. The summed E-state index contributed by atoms with van der Waals surface area (Å²) in [7, 11) is 0. The maximum atomic E-state index is 11.4. The van der Waals surface area contributed by atoms with Gasteiger partial charge in [-0.15, -0.1) is 0 Å². The van der Waals surface area contributed by atoms with E-state index in [4.69, 9.17) is 10.1 Å². The van der Waals surface area contributed by atoms with Crippen molar-refractivity contribution < 1.29 is 4.79 Å². The molecule has 0 radical (unpaired) electrons. The van der Waals surface area contributed by atoms with Crippen molar-refractivity contribution in [2.24, 2.45) is 0 Å². The maximum Gasteiger partial charge on any atom is 0.217 e. The molecule has 1 aromatic carbocycles. The molecule has 4 rings (SSSR count). The summed E-state index contributed by atoms with van der Waals surface area (Å²) < 4.78 is 1.94. The molecule has 6 heteroatoms. The summed E-state index contributed by atoms with van der Waals surface area (Å²) in [4.78, 5) is 18.5. The second-order valence-electron chi connectivity index (χ2n) is 6.94. The second kappa shape index (κ2) is 6.44. The topological polar surface area (TPSA) is 62.5 Å². The molecule has 6 nitrogen and oxygen atoms in total. The van der Waals surface area contributed by atoms with Crippen LogP contribution in [-0.4, -0.2) is 39.6 Å². The molecule has 1 atom stereocenters. The van der Waals surface area contributed by atoms with Gasteiger partial charge in [0.1, 0.15) is 5.82 Å². The molecule has 1 fully saturated rings. The largest absolute Gasteiger partial charge is 0.354 e. The number of anilines is 1. The zero-order valence-electron chi connectivity index (χ0n) is 15.4. The third-order valence-corrected chi connectivity index (χ3v) is 5.03. The molecule has 3 aromatic rings. The average Bonchev–Trinajstić information content (AvgIpc) is 3.20. The minimum atomic E-state index is 0.0208. The summed E-state index contributed by atoms with van der Waals surface area (Å²) >= 11 is 0. The fourth-order valence-corrected chi connectivity index (χ4v) is 3.57. The van der Waals surface area contributed by atoms with Gasteiger partial charge >= 0.3 is 0 Å². The van der Waals surface area contributed by atoms with Crippen molar-refractivity contribution in [3.05, 3.63) is 47.7 Å². The van der Waals surface area contributed by atoms with E-state index in [0.717, 1.165) is 53.5 Å². The van der Waals surface area contributed by atoms with E-state index in [2.05, 4.69) is 35.3 Å². The van der Waals surface area contributed by atoms with E-state index in [9.17, 15) is 4.79 Å². The number of hydrogen-bond donors (Lipinski definition) is 1. The molecular weight excluding hydrogens is 326 g/mol. The van der Waals surface area contributed by atoms with Gasteiger partial charge in [-0.1, -0.05) is 30.3 Å². The highest BCUT2D eigenvalue weighted by Gasteiger charge is 2.26. The first kappa shape index (κ1) is 16.6. The third kappa shape index (κ3) is 2.92. The van der Waals surface area contributed by atoms with E-state index < -0.39 is 0 Å². The summed E-state index contributed by atoms with van der Waals surface area (Å²) in [5, 5.41) is 7.73. The van der Waals surface area contributed by atoms with Gasteiger partial charge in [-0.05, 0) is 20.3 Å². The Morgan fingerprint density at radius 1 is 1.23 bits per heavy atom. The molecule has 1 N–H and O–H groups in total. The molecule has 1 aliphatic heterocycles. The van der Waals surface area contributed by atoms with Gasteiger partial charge < -0.3 is 10.2 Å². The molecule has 1 saturated heterocycles. The number of nitrogens with one attached hydrogen (secondary N) is 1. The molecule has 0 aliphatic carbocycles. The van der Waals surface area contributed by atoms with Gasteiger partial charge in [0.2, 0.25) is 5.91 Å².